The minimum Gasteiger partial charge on any atom is -0.460 e. The van der Waals surface area contributed by atoms with Crippen LogP contribution in [0.15, 0.2) is 27.1 Å². The molecule has 0 amide bonds. The average Bonchev–Trinajstić information content (AvgIpc) is 2.18. The number of hydrogen-bond donors (Lipinski definition) is 1. The first-order chi connectivity index (χ1) is 8.28. The average molecular weight is 379 g/mol. The molecule has 0 aliphatic heterocycles. The summed E-state index contributed by atoms with van der Waals surface area (Å²) < 4.78 is 7.19. The molecular formula is C13H17Br2NO2. The third kappa shape index (κ3) is 5.87. The van der Waals surface area contributed by atoms with Crippen LogP contribution in [0.2, 0.25) is 0 Å². The van der Waals surface area contributed by atoms with Crippen molar-refractivity contribution in [2.45, 2.75) is 32.8 Å². The van der Waals surface area contributed by atoms with Crippen LogP contribution < -0.4 is 5.32 Å². The van der Waals surface area contributed by atoms with Gasteiger partial charge in [0.1, 0.15) is 5.60 Å². The molecule has 0 atom stereocenters. The summed E-state index contributed by atoms with van der Waals surface area (Å²) in [6.45, 7) is 6.14. The summed E-state index contributed by atoms with van der Waals surface area (Å²) in [6.07, 6.45) is 0.347. The topological polar surface area (TPSA) is 38.3 Å². The van der Waals surface area contributed by atoms with Crippen LogP contribution >= 0.6 is 31.9 Å². The molecule has 0 unspecified atom stereocenters. The summed E-state index contributed by atoms with van der Waals surface area (Å²) in [4.78, 5) is 11.5. The predicted molar refractivity (Wildman–Crippen MR) is 80.8 cm³/mol. The summed E-state index contributed by atoms with van der Waals surface area (Å²) in [5, 5.41) is 3.19. The normalized spacial score (nSPS) is 11.2. The molecule has 0 radical (unpaired) electrons. The zero-order valence-electron chi connectivity index (χ0n) is 10.7. The highest BCUT2D eigenvalue weighted by Crippen LogP contribution is 2.26. The van der Waals surface area contributed by atoms with Gasteiger partial charge in [-0.15, -0.1) is 0 Å². The maximum atomic E-state index is 11.5. The minimum atomic E-state index is -0.421. The van der Waals surface area contributed by atoms with Gasteiger partial charge in [-0.3, -0.25) is 4.79 Å². The number of hydrogen-bond acceptors (Lipinski definition) is 3. The maximum absolute atomic E-state index is 11.5. The second-order valence-electron chi connectivity index (χ2n) is 4.89. The van der Waals surface area contributed by atoms with E-state index in [2.05, 4.69) is 37.2 Å². The number of rotatable bonds is 4. The molecule has 0 aliphatic carbocycles. The molecule has 100 valence electrons. The van der Waals surface area contributed by atoms with Gasteiger partial charge in [-0.05, 0) is 54.9 Å². The van der Waals surface area contributed by atoms with Gasteiger partial charge >= 0.3 is 5.97 Å². The molecule has 0 saturated carbocycles. The lowest BCUT2D eigenvalue weighted by Gasteiger charge is -2.19. The van der Waals surface area contributed by atoms with E-state index in [1.807, 2.05) is 39.0 Å². The molecular weight excluding hydrogens is 362 g/mol. The first-order valence-electron chi connectivity index (χ1n) is 5.69. The van der Waals surface area contributed by atoms with Crippen molar-refractivity contribution in [2.24, 2.45) is 0 Å². The quantitative estimate of drug-likeness (QED) is 0.791. The van der Waals surface area contributed by atoms with Gasteiger partial charge in [0.2, 0.25) is 0 Å². The van der Waals surface area contributed by atoms with Gasteiger partial charge in [-0.1, -0.05) is 15.9 Å². The van der Waals surface area contributed by atoms with Crippen LogP contribution in [0.1, 0.15) is 27.2 Å². The van der Waals surface area contributed by atoms with Crippen molar-refractivity contribution in [3.63, 3.8) is 0 Å². The summed E-state index contributed by atoms with van der Waals surface area (Å²) in [6, 6.07) is 5.85. The van der Waals surface area contributed by atoms with E-state index in [1.165, 1.54) is 0 Å². The smallest absolute Gasteiger partial charge is 0.308 e. The lowest BCUT2D eigenvalue weighted by atomic mass is 10.2. The summed E-state index contributed by atoms with van der Waals surface area (Å²) in [5.41, 5.74) is 0.539. The molecule has 1 rings (SSSR count). The first kappa shape index (κ1) is 15.5. The molecule has 0 aromatic heterocycles. The highest BCUT2D eigenvalue weighted by molar-refractivity contribution is 9.11. The number of benzene rings is 1. The zero-order valence-corrected chi connectivity index (χ0v) is 13.9. The van der Waals surface area contributed by atoms with Crippen molar-refractivity contribution >= 4 is 43.5 Å². The number of carbonyl (C=O) groups is 1. The minimum absolute atomic E-state index is 0.191. The van der Waals surface area contributed by atoms with Crippen molar-refractivity contribution in [1.29, 1.82) is 0 Å². The second kappa shape index (κ2) is 6.57. The summed E-state index contributed by atoms with van der Waals surface area (Å²) in [5.74, 6) is -0.191. The van der Waals surface area contributed by atoms with Gasteiger partial charge in [-0.2, -0.15) is 0 Å². The number of halogens is 2. The van der Waals surface area contributed by atoms with Crippen LogP contribution in [0.4, 0.5) is 5.69 Å². The molecule has 0 heterocycles. The van der Waals surface area contributed by atoms with Gasteiger partial charge in [0.25, 0.3) is 0 Å². The van der Waals surface area contributed by atoms with E-state index >= 15 is 0 Å². The third-order valence-electron chi connectivity index (χ3n) is 2.00. The van der Waals surface area contributed by atoms with Gasteiger partial charge in [0.05, 0.1) is 6.42 Å². The Bertz CT molecular complexity index is 427. The Morgan fingerprint density at radius 3 is 2.56 bits per heavy atom. The van der Waals surface area contributed by atoms with Crippen LogP contribution in [0.5, 0.6) is 0 Å². The van der Waals surface area contributed by atoms with Crippen LogP contribution in [0, 0.1) is 0 Å². The van der Waals surface area contributed by atoms with Crippen molar-refractivity contribution in [2.75, 3.05) is 11.9 Å². The fraction of sp³-hybridized carbons (Fsp3) is 0.462. The molecule has 1 aromatic carbocycles. The SMILES string of the molecule is CC(C)(C)OC(=O)CCNc1ccc(Br)cc1Br. The van der Waals surface area contributed by atoms with Crippen molar-refractivity contribution in [3.8, 4) is 0 Å². The van der Waals surface area contributed by atoms with Crippen molar-refractivity contribution in [3.05, 3.63) is 27.1 Å². The Labute approximate surface area is 125 Å². The van der Waals surface area contributed by atoms with Gasteiger partial charge in [-0.25, -0.2) is 0 Å². The Hall–Kier alpha value is -0.550. The monoisotopic (exact) mass is 377 g/mol. The number of ether oxygens (including phenoxy) is 1. The van der Waals surface area contributed by atoms with E-state index in [0.717, 1.165) is 14.6 Å². The zero-order chi connectivity index (χ0) is 13.8. The Morgan fingerprint density at radius 1 is 1.33 bits per heavy atom. The number of nitrogens with one attached hydrogen (secondary N) is 1. The summed E-state index contributed by atoms with van der Waals surface area (Å²) in [7, 11) is 0. The Balaban J connectivity index is 2.40. The Morgan fingerprint density at radius 2 is 2.00 bits per heavy atom. The Kier molecular flexibility index (Phi) is 5.66. The molecule has 1 aromatic rings. The highest BCUT2D eigenvalue weighted by Gasteiger charge is 2.15. The molecule has 0 saturated heterocycles. The van der Waals surface area contributed by atoms with E-state index in [4.69, 9.17) is 4.74 Å². The third-order valence-corrected chi connectivity index (χ3v) is 3.15. The van der Waals surface area contributed by atoms with E-state index < -0.39 is 5.60 Å². The summed E-state index contributed by atoms with van der Waals surface area (Å²) >= 11 is 6.84. The molecule has 1 N–H and O–H groups in total. The van der Waals surface area contributed by atoms with Gasteiger partial charge in [0.15, 0.2) is 0 Å². The number of carbonyl (C=O) groups excluding carboxylic acids is 1. The number of anilines is 1. The molecule has 3 nitrogen and oxygen atoms in total. The van der Waals surface area contributed by atoms with Crippen molar-refractivity contribution < 1.29 is 9.53 Å². The molecule has 0 fully saturated rings. The molecule has 18 heavy (non-hydrogen) atoms. The molecule has 0 spiro atoms. The fourth-order valence-electron chi connectivity index (χ4n) is 1.32. The van der Waals surface area contributed by atoms with Gasteiger partial charge in [0, 0.05) is 21.2 Å². The highest BCUT2D eigenvalue weighted by atomic mass is 79.9. The van der Waals surface area contributed by atoms with E-state index in [9.17, 15) is 4.79 Å². The lowest BCUT2D eigenvalue weighted by Crippen LogP contribution is -2.25. The van der Waals surface area contributed by atoms with Crippen LogP contribution in [-0.2, 0) is 9.53 Å². The first-order valence-corrected chi connectivity index (χ1v) is 7.27. The van der Waals surface area contributed by atoms with E-state index in [1.54, 1.807) is 0 Å². The maximum Gasteiger partial charge on any atom is 0.308 e. The van der Waals surface area contributed by atoms with Crippen molar-refractivity contribution in [1.82, 2.24) is 0 Å². The standard InChI is InChI=1S/C13H17Br2NO2/c1-13(2,3)18-12(17)6-7-16-11-5-4-9(14)8-10(11)15/h4-5,8,16H,6-7H2,1-3H3. The van der Waals surface area contributed by atoms with Crippen LogP contribution in [0.25, 0.3) is 0 Å². The number of esters is 1. The molecule has 5 heteroatoms. The fourth-order valence-corrected chi connectivity index (χ4v) is 2.51. The predicted octanol–water partition coefficient (Wildman–Crippen LogP) is 4.36. The van der Waals surface area contributed by atoms with E-state index in [-0.39, 0.29) is 5.97 Å². The largest absolute Gasteiger partial charge is 0.460 e. The molecule has 0 aliphatic rings. The molecule has 0 bridgehead atoms. The van der Waals surface area contributed by atoms with E-state index in [0.29, 0.717) is 13.0 Å². The lowest BCUT2D eigenvalue weighted by molar-refractivity contribution is -0.154. The van der Waals surface area contributed by atoms with Crippen LogP contribution in [0.3, 0.4) is 0 Å². The van der Waals surface area contributed by atoms with Crippen LogP contribution in [-0.4, -0.2) is 18.1 Å². The second-order valence-corrected chi connectivity index (χ2v) is 6.66. The van der Waals surface area contributed by atoms with Gasteiger partial charge < -0.3 is 10.1 Å².